The van der Waals surface area contributed by atoms with Crippen molar-refractivity contribution < 1.29 is 4.21 Å². The number of hydrogen-bond donors (Lipinski definition) is 1. The predicted molar refractivity (Wildman–Crippen MR) is 89.8 cm³/mol. The molecule has 114 valence electrons. The standard InChI is InChI=1S/C16H26ClNOS/c1-4-7-15(18-6-3)16(5-2)20(19)12-13-8-10-14(17)11-9-13/h8-11,15-16,18H,4-7,12H2,1-3H3. The highest BCUT2D eigenvalue weighted by molar-refractivity contribution is 7.84. The zero-order valence-electron chi connectivity index (χ0n) is 12.7. The summed E-state index contributed by atoms with van der Waals surface area (Å²) >= 11 is 5.89. The SMILES string of the molecule is CCCC(NCC)C(CC)S(=O)Cc1ccc(Cl)cc1. The molecule has 1 rings (SSSR count). The first-order valence-electron chi connectivity index (χ1n) is 7.47. The van der Waals surface area contributed by atoms with Gasteiger partial charge in [-0.05, 0) is 37.1 Å². The molecule has 2 nitrogen and oxygen atoms in total. The molecule has 0 amide bonds. The summed E-state index contributed by atoms with van der Waals surface area (Å²) in [6.07, 6.45) is 3.14. The van der Waals surface area contributed by atoms with Crippen molar-refractivity contribution in [2.45, 2.75) is 57.1 Å². The predicted octanol–water partition coefficient (Wildman–Crippen LogP) is 4.15. The van der Waals surface area contributed by atoms with Gasteiger partial charge in [0.2, 0.25) is 0 Å². The van der Waals surface area contributed by atoms with Crippen LogP contribution in [-0.2, 0) is 16.6 Å². The van der Waals surface area contributed by atoms with Crippen molar-refractivity contribution >= 4 is 22.4 Å². The zero-order valence-corrected chi connectivity index (χ0v) is 14.3. The first-order valence-corrected chi connectivity index (χ1v) is 9.23. The zero-order chi connectivity index (χ0) is 15.0. The summed E-state index contributed by atoms with van der Waals surface area (Å²) in [6, 6.07) is 8.01. The summed E-state index contributed by atoms with van der Waals surface area (Å²) in [5.74, 6) is 0.612. The Kier molecular flexibility index (Phi) is 8.43. The van der Waals surface area contributed by atoms with Crippen LogP contribution in [0.15, 0.2) is 24.3 Å². The summed E-state index contributed by atoms with van der Waals surface area (Å²) in [5, 5.41) is 4.43. The quantitative estimate of drug-likeness (QED) is 0.742. The molecule has 3 atom stereocenters. The van der Waals surface area contributed by atoms with Crippen LogP contribution in [0.5, 0.6) is 0 Å². The van der Waals surface area contributed by atoms with Gasteiger partial charge in [-0.25, -0.2) is 0 Å². The van der Waals surface area contributed by atoms with E-state index in [4.69, 9.17) is 11.6 Å². The molecule has 1 aromatic rings. The van der Waals surface area contributed by atoms with E-state index in [0.29, 0.717) is 11.8 Å². The fourth-order valence-corrected chi connectivity index (χ4v) is 4.33. The van der Waals surface area contributed by atoms with E-state index in [9.17, 15) is 4.21 Å². The maximum absolute atomic E-state index is 12.7. The number of nitrogens with one attached hydrogen (secondary N) is 1. The highest BCUT2D eigenvalue weighted by Gasteiger charge is 2.24. The van der Waals surface area contributed by atoms with Crippen molar-refractivity contribution in [3.8, 4) is 0 Å². The molecule has 0 fully saturated rings. The summed E-state index contributed by atoms with van der Waals surface area (Å²) in [4.78, 5) is 0. The average Bonchev–Trinajstić information content (AvgIpc) is 2.43. The van der Waals surface area contributed by atoms with Crippen LogP contribution in [0.4, 0.5) is 0 Å². The molecular formula is C16H26ClNOS. The minimum atomic E-state index is -0.854. The van der Waals surface area contributed by atoms with E-state index in [1.807, 2.05) is 24.3 Å². The van der Waals surface area contributed by atoms with Crippen LogP contribution in [0.1, 0.15) is 45.6 Å². The van der Waals surface area contributed by atoms with E-state index >= 15 is 0 Å². The van der Waals surface area contributed by atoms with E-state index in [1.165, 1.54) is 0 Å². The van der Waals surface area contributed by atoms with Crippen LogP contribution in [-0.4, -0.2) is 22.0 Å². The maximum atomic E-state index is 12.7. The molecule has 0 aliphatic rings. The lowest BCUT2D eigenvalue weighted by atomic mass is 10.1. The van der Waals surface area contributed by atoms with Gasteiger partial charge in [-0.3, -0.25) is 4.21 Å². The molecular weight excluding hydrogens is 290 g/mol. The molecule has 1 N–H and O–H groups in total. The Balaban J connectivity index is 2.71. The summed E-state index contributed by atoms with van der Waals surface area (Å²) < 4.78 is 12.7. The van der Waals surface area contributed by atoms with Crippen LogP contribution in [0.25, 0.3) is 0 Å². The maximum Gasteiger partial charge on any atom is 0.0502 e. The van der Waals surface area contributed by atoms with Crippen molar-refractivity contribution in [2.75, 3.05) is 6.54 Å². The fourth-order valence-electron chi connectivity index (χ4n) is 2.50. The lowest BCUT2D eigenvalue weighted by Crippen LogP contribution is -2.42. The van der Waals surface area contributed by atoms with Gasteiger partial charge in [-0.15, -0.1) is 0 Å². The van der Waals surface area contributed by atoms with Gasteiger partial charge in [0, 0.05) is 27.6 Å². The molecule has 0 aliphatic carbocycles. The van der Waals surface area contributed by atoms with E-state index in [-0.39, 0.29) is 5.25 Å². The fraction of sp³-hybridized carbons (Fsp3) is 0.625. The van der Waals surface area contributed by atoms with Crippen molar-refractivity contribution in [2.24, 2.45) is 0 Å². The van der Waals surface area contributed by atoms with Gasteiger partial charge in [0.15, 0.2) is 0 Å². The molecule has 20 heavy (non-hydrogen) atoms. The van der Waals surface area contributed by atoms with E-state index in [1.54, 1.807) is 0 Å². The molecule has 4 heteroatoms. The Morgan fingerprint density at radius 3 is 2.35 bits per heavy atom. The number of rotatable bonds is 9. The second-order valence-corrected chi connectivity index (χ2v) is 7.14. The van der Waals surface area contributed by atoms with E-state index in [2.05, 4.69) is 26.1 Å². The Labute approximate surface area is 130 Å². The van der Waals surface area contributed by atoms with Crippen molar-refractivity contribution in [1.82, 2.24) is 5.32 Å². The Morgan fingerprint density at radius 1 is 1.20 bits per heavy atom. The first-order chi connectivity index (χ1) is 9.62. The second kappa shape index (κ2) is 9.54. The lowest BCUT2D eigenvalue weighted by molar-refractivity contribution is 0.458. The Bertz CT molecular complexity index is 401. The highest BCUT2D eigenvalue weighted by Crippen LogP contribution is 2.18. The molecule has 3 unspecified atom stereocenters. The summed E-state index contributed by atoms with van der Waals surface area (Å²) in [6.45, 7) is 7.35. The van der Waals surface area contributed by atoms with Gasteiger partial charge in [0.25, 0.3) is 0 Å². The topological polar surface area (TPSA) is 29.1 Å². The summed E-state index contributed by atoms with van der Waals surface area (Å²) in [7, 11) is -0.854. The molecule has 0 aliphatic heterocycles. The van der Waals surface area contributed by atoms with Gasteiger partial charge in [0.05, 0.1) is 5.25 Å². The second-order valence-electron chi connectivity index (χ2n) is 5.05. The third-order valence-electron chi connectivity index (χ3n) is 3.48. The van der Waals surface area contributed by atoms with Crippen LogP contribution in [0, 0.1) is 0 Å². The van der Waals surface area contributed by atoms with Crippen molar-refractivity contribution in [3.05, 3.63) is 34.9 Å². The first kappa shape index (κ1) is 17.7. The van der Waals surface area contributed by atoms with Gasteiger partial charge in [-0.2, -0.15) is 0 Å². The van der Waals surface area contributed by atoms with Crippen LogP contribution in [0.2, 0.25) is 5.02 Å². The molecule has 0 aromatic heterocycles. The van der Waals surface area contributed by atoms with Gasteiger partial charge >= 0.3 is 0 Å². The van der Waals surface area contributed by atoms with Gasteiger partial charge in [-0.1, -0.05) is 50.9 Å². The van der Waals surface area contributed by atoms with E-state index < -0.39 is 10.8 Å². The molecule has 0 spiro atoms. The van der Waals surface area contributed by atoms with Crippen LogP contribution >= 0.6 is 11.6 Å². The minimum Gasteiger partial charge on any atom is -0.313 e. The van der Waals surface area contributed by atoms with E-state index in [0.717, 1.165) is 36.4 Å². The molecule has 1 aromatic carbocycles. The molecule has 0 saturated carbocycles. The van der Waals surface area contributed by atoms with Gasteiger partial charge < -0.3 is 5.32 Å². The van der Waals surface area contributed by atoms with Gasteiger partial charge in [0.1, 0.15) is 0 Å². The molecule has 0 heterocycles. The number of benzene rings is 1. The largest absolute Gasteiger partial charge is 0.313 e. The Hall–Kier alpha value is -0.380. The monoisotopic (exact) mass is 315 g/mol. The summed E-state index contributed by atoms with van der Waals surface area (Å²) in [5.41, 5.74) is 1.10. The number of halogens is 1. The van der Waals surface area contributed by atoms with Crippen LogP contribution < -0.4 is 5.32 Å². The third-order valence-corrected chi connectivity index (χ3v) is 5.68. The minimum absolute atomic E-state index is 0.213. The van der Waals surface area contributed by atoms with Crippen molar-refractivity contribution in [3.63, 3.8) is 0 Å². The lowest BCUT2D eigenvalue weighted by Gasteiger charge is -2.26. The number of hydrogen-bond acceptors (Lipinski definition) is 2. The smallest absolute Gasteiger partial charge is 0.0502 e. The highest BCUT2D eigenvalue weighted by atomic mass is 35.5. The molecule has 0 radical (unpaired) electrons. The average molecular weight is 316 g/mol. The normalized spacial score (nSPS) is 15.8. The van der Waals surface area contributed by atoms with Crippen LogP contribution in [0.3, 0.4) is 0 Å². The third kappa shape index (κ3) is 5.55. The van der Waals surface area contributed by atoms with Crippen molar-refractivity contribution in [1.29, 1.82) is 0 Å². The Morgan fingerprint density at radius 2 is 1.85 bits per heavy atom. The molecule has 0 saturated heterocycles. The molecule has 0 bridgehead atoms.